The van der Waals surface area contributed by atoms with Crippen LogP contribution >= 0.6 is 0 Å². The first-order chi connectivity index (χ1) is 12.4. The second-order valence-electron chi connectivity index (χ2n) is 12.1. The smallest absolute Gasteiger partial charge is 0.172 e. The highest BCUT2D eigenvalue weighted by atomic mass is 28.3. The van der Waals surface area contributed by atoms with Gasteiger partial charge in [-0.25, -0.2) is 0 Å². The molecule has 0 heterocycles. The molecule has 0 spiro atoms. The van der Waals surface area contributed by atoms with E-state index in [9.17, 15) is 0 Å². The Balaban J connectivity index is 3.08. The van der Waals surface area contributed by atoms with Gasteiger partial charge in [0.05, 0.1) is 0 Å². The van der Waals surface area contributed by atoms with Crippen molar-refractivity contribution in [2.75, 3.05) is 0 Å². The molecule has 1 aromatic carbocycles. The van der Waals surface area contributed by atoms with Gasteiger partial charge in [-0.15, -0.1) is 0 Å². The monoisotopic (exact) mass is 416 g/mol. The third-order valence-electron chi connectivity index (χ3n) is 4.44. The zero-order valence-corrected chi connectivity index (χ0v) is 22.6. The van der Waals surface area contributed by atoms with E-state index in [0.717, 1.165) is 12.8 Å². The normalized spacial score (nSPS) is 15.1. The molecular formula is C24H44N2Si2. The highest BCUT2D eigenvalue weighted by Gasteiger charge is 2.24. The van der Waals surface area contributed by atoms with Crippen molar-refractivity contribution in [3.8, 4) is 0 Å². The van der Waals surface area contributed by atoms with Gasteiger partial charge >= 0.3 is 0 Å². The van der Waals surface area contributed by atoms with Crippen LogP contribution in [0.25, 0.3) is 0 Å². The summed E-state index contributed by atoms with van der Waals surface area (Å²) in [6.45, 7) is 27.6. The Labute approximate surface area is 177 Å². The standard InChI is InChI=1S/C24H44N2Si2/c1-23(2,3)21(25-27(7,8)9)17-19-13-15-20(16-14-19)18-22(24(4,5)6)26-28(10,11)12/h13-16H,17-18H2,1-12H3/b25-21+,26-22+. The number of benzene rings is 1. The van der Waals surface area contributed by atoms with Crippen molar-refractivity contribution < 1.29 is 0 Å². The van der Waals surface area contributed by atoms with Gasteiger partial charge in [-0.1, -0.05) is 65.8 Å². The van der Waals surface area contributed by atoms with Crippen LogP contribution in [0.4, 0.5) is 0 Å². The van der Waals surface area contributed by atoms with E-state index < -0.39 is 16.5 Å². The molecule has 1 aromatic rings. The molecule has 158 valence electrons. The van der Waals surface area contributed by atoms with Crippen molar-refractivity contribution in [2.24, 2.45) is 20.1 Å². The molecule has 0 aliphatic heterocycles. The van der Waals surface area contributed by atoms with Crippen LogP contribution in [-0.4, -0.2) is 27.9 Å². The van der Waals surface area contributed by atoms with Crippen LogP contribution in [0.5, 0.6) is 0 Å². The first-order valence-electron chi connectivity index (χ1n) is 10.6. The second kappa shape index (κ2) is 8.78. The molecule has 28 heavy (non-hydrogen) atoms. The molecular weight excluding hydrogens is 372 g/mol. The number of hydrogen-bond donors (Lipinski definition) is 0. The average molecular weight is 417 g/mol. The molecule has 0 N–H and O–H groups in total. The van der Waals surface area contributed by atoms with Crippen LogP contribution in [-0.2, 0) is 12.8 Å². The van der Waals surface area contributed by atoms with E-state index in [2.05, 4.69) is 105 Å². The Morgan fingerprint density at radius 2 is 0.857 bits per heavy atom. The quantitative estimate of drug-likeness (QED) is 0.340. The summed E-state index contributed by atoms with van der Waals surface area (Å²) in [5, 5.41) is 0. The molecule has 0 saturated carbocycles. The topological polar surface area (TPSA) is 24.7 Å². The van der Waals surface area contributed by atoms with Crippen molar-refractivity contribution in [2.45, 2.75) is 93.7 Å². The van der Waals surface area contributed by atoms with E-state index >= 15 is 0 Å². The van der Waals surface area contributed by atoms with E-state index in [1.807, 2.05) is 0 Å². The van der Waals surface area contributed by atoms with Crippen molar-refractivity contribution in [1.82, 2.24) is 0 Å². The maximum absolute atomic E-state index is 5.16. The van der Waals surface area contributed by atoms with Crippen LogP contribution in [0.1, 0.15) is 52.7 Å². The fourth-order valence-electron chi connectivity index (χ4n) is 2.92. The number of nitrogens with zero attached hydrogens (tertiary/aromatic N) is 2. The lowest BCUT2D eigenvalue weighted by atomic mass is 9.85. The molecule has 0 atom stereocenters. The Hall–Kier alpha value is -1.01. The van der Waals surface area contributed by atoms with E-state index in [1.165, 1.54) is 22.6 Å². The van der Waals surface area contributed by atoms with Gasteiger partial charge in [-0.3, -0.25) is 0 Å². The lowest BCUT2D eigenvalue weighted by Gasteiger charge is -2.26. The Kier molecular flexibility index (Phi) is 7.85. The summed E-state index contributed by atoms with van der Waals surface area (Å²) in [6, 6.07) is 9.15. The van der Waals surface area contributed by atoms with Gasteiger partial charge in [0.2, 0.25) is 0 Å². The van der Waals surface area contributed by atoms with Crippen molar-refractivity contribution in [1.29, 1.82) is 0 Å². The zero-order chi connectivity index (χ0) is 22.0. The van der Waals surface area contributed by atoms with Gasteiger partial charge in [0.25, 0.3) is 0 Å². The molecule has 1 rings (SSSR count). The van der Waals surface area contributed by atoms with Crippen LogP contribution < -0.4 is 0 Å². The molecule has 0 aliphatic rings. The van der Waals surface area contributed by atoms with Crippen molar-refractivity contribution in [3.05, 3.63) is 35.4 Å². The Morgan fingerprint density at radius 3 is 1.04 bits per heavy atom. The van der Waals surface area contributed by atoms with Crippen molar-refractivity contribution in [3.63, 3.8) is 0 Å². The number of rotatable bonds is 6. The predicted octanol–water partition coefficient (Wildman–Crippen LogP) is 7.42. The lowest BCUT2D eigenvalue weighted by molar-refractivity contribution is 0.582. The van der Waals surface area contributed by atoms with Gasteiger partial charge in [-0.2, -0.15) is 0 Å². The zero-order valence-electron chi connectivity index (χ0n) is 20.6. The van der Waals surface area contributed by atoms with E-state index in [0.29, 0.717) is 0 Å². The third kappa shape index (κ3) is 9.46. The summed E-state index contributed by atoms with van der Waals surface area (Å²) >= 11 is 0. The summed E-state index contributed by atoms with van der Waals surface area (Å²) in [4.78, 5) is 0. The minimum atomic E-state index is -1.48. The molecule has 4 heteroatoms. The maximum Gasteiger partial charge on any atom is 0.172 e. The third-order valence-corrected chi connectivity index (χ3v) is 6.32. The fourth-order valence-corrected chi connectivity index (χ4v) is 5.36. The molecule has 0 unspecified atom stereocenters. The fraction of sp³-hybridized carbons (Fsp3) is 0.667. The van der Waals surface area contributed by atoms with Gasteiger partial charge in [0.15, 0.2) is 16.5 Å². The summed E-state index contributed by atoms with van der Waals surface area (Å²) in [6.07, 6.45) is 1.90. The van der Waals surface area contributed by atoms with Gasteiger partial charge < -0.3 is 9.32 Å². The van der Waals surface area contributed by atoms with Gasteiger partial charge in [0.1, 0.15) is 0 Å². The van der Waals surface area contributed by atoms with E-state index in [-0.39, 0.29) is 10.8 Å². The highest BCUT2D eigenvalue weighted by Crippen LogP contribution is 2.24. The van der Waals surface area contributed by atoms with Crippen LogP contribution in [0.15, 0.2) is 33.6 Å². The number of hydrogen-bond acceptors (Lipinski definition) is 2. The van der Waals surface area contributed by atoms with Crippen LogP contribution in [0, 0.1) is 10.8 Å². The lowest BCUT2D eigenvalue weighted by Crippen LogP contribution is -2.29. The largest absolute Gasteiger partial charge is 0.329 e. The first-order valence-corrected chi connectivity index (χ1v) is 17.5. The molecule has 0 bridgehead atoms. The SMILES string of the molecule is CC(C)(C)/C(Cc1ccc(C/C(=N\[Si](C)(C)C)C(C)(C)C)cc1)=N/[Si](C)(C)C. The summed E-state index contributed by atoms with van der Waals surface area (Å²) in [7, 11) is -2.97. The first kappa shape index (κ1) is 25.0. The molecule has 0 aliphatic carbocycles. The summed E-state index contributed by atoms with van der Waals surface area (Å²) in [5.41, 5.74) is 5.60. The average Bonchev–Trinajstić information content (AvgIpc) is 2.43. The predicted molar refractivity (Wildman–Crippen MR) is 134 cm³/mol. The second-order valence-corrected chi connectivity index (χ2v) is 21.3. The maximum atomic E-state index is 5.16. The minimum Gasteiger partial charge on any atom is -0.329 e. The molecule has 2 nitrogen and oxygen atoms in total. The highest BCUT2D eigenvalue weighted by molar-refractivity contribution is 6.76. The Morgan fingerprint density at radius 1 is 0.607 bits per heavy atom. The van der Waals surface area contributed by atoms with Crippen LogP contribution in [0.2, 0.25) is 39.3 Å². The minimum absolute atomic E-state index is 0.113. The molecule has 0 radical (unpaired) electrons. The summed E-state index contributed by atoms with van der Waals surface area (Å²) in [5.74, 6) is 0. The van der Waals surface area contributed by atoms with Gasteiger partial charge in [0, 0.05) is 24.3 Å². The van der Waals surface area contributed by atoms with E-state index in [4.69, 9.17) is 9.32 Å². The molecule has 0 aromatic heterocycles. The molecule has 0 saturated heterocycles. The van der Waals surface area contributed by atoms with E-state index in [1.54, 1.807) is 0 Å². The van der Waals surface area contributed by atoms with Crippen LogP contribution in [0.3, 0.4) is 0 Å². The van der Waals surface area contributed by atoms with Gasteiger partial charge in [-0.05, 0) is 61.2 Å². The summed E-state index contributed by atoms with van der Waals surface area (Å²) < 4.78 is 10.3. The molecule has 0 fully saturated rings. The Bertz CT molecular complexity index is 638. The molecule has 0 amide bonds. The van der Waals surface area contributed by atoms with Crippen molar-refractivity contribution >= 4 is 27.9 Å².